The van der Waals surface area contributed by atoms with Crippen molar-refractivity contribution < 1.29 is 14.7 Å². The molecule has 0 aliphatic rings. The molecule has 2 rings (SSSR count). The molecule has 0 radical (unpaired) electrons. The van der Waals surface area contributed by atoms with E-state index >= 15 is 0 Å². The minimum Gasteiger partial charge on any atom is -0.507 e. The van der Waals surface area contributed by atoms with Crippen LogP contribution in [0.1, 0.15) is 39.6 Å². The summed E-state index contributed by atoms with van der Waals surface area (Å²) < 4.78 is 0. The zero-order chi connectivity index (χ0) is 16.8. The van der Waals surface area contributed by atoms with E-state index in [1.165, 1.54) is 12.3 Å². The number of hydrogen-bond acceptors (Lipinski definition) is 5. The van der Waals surface area contributed by atoms with Crippen molar-refractivity contribution in [2.45, 2.75) is 20.3 Å². The van der Waals surface area contributed by atoms with Gasteiger partial charge in [-0.05, 0) is 37.6 Å². The summed E-state index contributed by atoms with van der Waals surface area (Å²) in [6, 6.07) is 8.23. The number of rotatable bonds is 5. The van der Waals surface area contributed by atoms with Crippen LogP contribution in [0.3, 0.4) is 0 Å². The third-order valence-electron chi connectivity index (χ3n) is 3.23. The number of hydrogen-bond donors (Lipinski definition) is 2. The molecule has 0 fully saturated rings. The third kappa shape index (κ3) is 4.23. The summed E-state index contributed by atoms with van der Waals surface area (Å²) >= 11 is 0. The zero-order valence-electron chi connectivity index (χ0n) is 12.9. The fraction of sp³-hybridized carbons (Fsp3) is 0.176. The molecule has 1 aromatic carbocycles. The number of benzene rings is 1. The second-order valence-electron chi connectivity index (χ2n) is 5.10. The molecule has 0 saturated heterocycles. The second kappa shape index (κ2) is 7.31. The highest BCUT2D eigenvalue weighted by Crippen LogP contribution is 2.21. The molecule has 2 aromatic rings. The molecule has 0 saturated carbocycles. The van der Waals surface area contributed by atoms with Crippen molar-refractivity contribution in [3.05, 3.63) is 59.4 Å². The van der Waals surface area contributed by atoms with E-state index in [0.29, 0.717) is 16.8 Å². The summed E-state index contributed by atoms with van der Waals surface area (Å²) in [5.74, 6) is -0.740. The lowest BCUT2D eigenvalue weighted by Crippen LogP contribution is -2.20. The van der Waals surface area contributed by atoms with Gasteiger partial charge in [0.15, 0.2) is 5.78 Å². The minimum absolute atomic E-state index is 0.0752. The Balaban J connectivity index is 2.01. The summed E-state index contributed by atoms with van der Waals surface area (Å²) in [4.78, 5) is 27.9. The van der Waals surface area contributed by atoms with Gasteiger partial charge in [0.25, 0.3) is 5.91 Å². The van der Waals surface area contributed by atoms with Gasteiger partial charge >= 0.3 is 0 Å². The Labute approximate surface area is 133 Å². The smallest absolute Gasteiger partial charge is 0.275 e. The lowest BCUT2D eigenvalue weighted by Gasteiger charge is -2.06. The van der Waals surface area contributed by atoms with Gasteiger partial charge in [-0.2, -0.15) is 5.10 Å². The average Bonchev–Trinajstić information content (AvgIpc) is 2.56. The number of amides is 1. The van der Waals surface area contributed by atoms with E-state index in [9.17, 15) is 14.7 Å². The SMILES string of the molecule is CC(CC(=O)c1cccnc1)=NNC(=O)c1cccc(C)c1O. The topological polar surface area (TPSA) is 91.7 Å². The first-order valence-electron chi connectivity index (χ1n) is 7.04. The van der Waals surface area contributed by atoms with Crippen molar-refractivity contribution in [1.82, 2.24) is 10.4 Å². The Kier molecular flexibility index (Phi) is 5.19. The highest BCUT2D eigenvalue weighted by molar-refractivity contribution is 6.09. The predicted octanol–water partition coefficient (Wildman–Crippen LogP) is 2.47. The molecule has 118 valence electrons. The number of ketones is 1. The third-order valence-corrected chi connectivity index (χ3v) is 3.23. The normalized spacial score (nSPS) is 11.1. The van der Waals surface area contributed by atoms with E-state index in [-0.39, 0.29) is 23.5 Å². The van der Waals surface area contributed by atoms with E-state index in [2.05, 4.69) is 15.5 Å². The van der Waals surface area contributed by atoms with E-state index in [0.717, 1.165) is 0 Å². The van der Waals surface area contributed by atoms with Crippen molar-refractivity contribution in [2.24, 2.45) is 5.10 Å². The summed E-state index contributed by atoms with van der Waals surface area (Å²) in [5, 5.41) is 13.8. The number of para-hydroxylation sites is 1. The van der Waals surface area contributed by atoms with Gasteiger partial charge in [0.2, 0.25) is 0 Å². The van der Waals surface area contributed by atoms with Gasteiger partial charge in [-0.1, -0.05) is 12.1 Å². The number of nitrogens with one attached hydrogen (secondary N) is 1. The number of carbonyl (C=O) groups excluding carboxylic acids is 2. The fourth-order valence-electron chi connectivity index (χ4n) is 1.95. The van der Waals surface area contributed by atoms with E-state index in [1.807, 2.05) is 0 Å². The standard InChI is InChI=1S/C17H17N3O3/c1-11-5-3-7-14(16(11)22)17(23)20-19-12(2)9-15(21)13-6-4-8-18-10-13/h3-8,10,22H,9H2,1-2H3,(H,20,23). The molecule has 0 spiro atoms. The highest BCUT2D eigenvalue weighted by atomic mass is 16.3. The predicted molar refractivity (Wildman–Crippen MR) is 86.6 cm³/mol. The molecule has 0 aliphatic heterocycles. The first kappa shape index (κ1) is 16.4. The summed E-state index contributed by atoms with van der Waals surface area (Å²) in [5.41, 5.74) is 4.03. The lowest BCUT2D eigenvalue weighted by molar-refractivity contribution is 0.0948. The number of pyridine rings is 1. The van der Waals surface area contributed by atoms with Gasteiger partial charge in [-0.25, -0.2) is 5.43 Å². The molecule has 1 amide bonds. The first-order chi connectivity index (χ1) is 11.0. The van der Waals surface area contributed by atoms with Gasteiger partial charge in [0.05, 0.1) is 12.0 Å². The number of phenolic OH excluding ortho intramolecular Hbond substituents is 1. The van der Waals surface area contributed by atoms with Crippen LogP contribution in [0.2, 0.25) is 0 Å². The van der Waals surface area contributed by atoms with Crippen LogP contribution in [0.15, 0.2) is 47.8 Å². The first-order valence-corrected chi connectivity index (χ1v) is 7.04. The number of aromatic hydroxyl groups is 1. The fourth-order valence-corrected chi connectivity index (χ4v) is 1.95. The molecule has 6 heteroatoms. The molecule has 6 nitrogen and oxygen atoms in total. The van der Waals surface area contributed by atoms with Gasteiger partial charge < -0.3 is 5.11 Å². The number of nitrogens with zero attached hydrogens (tertiary/aromatic N) is 2. The van der Waals surface area contributed by atoms with Gasteiger partial charge in [0.1, 0.15) is 5.75 Å². The molecule has 1 heterocycles. The molecular formula is C17H17N3O3. The Morgan fingerprint density at radius 1 is 1.26 bits per heavy atom. The maximum absolute atomic E-state index is 12.0. The molecule has 23 heavy (non-hydrogen) atoms. The number of aryl methyl sites for hydroxylation is 1. The molecule has 2 N–H and O–H groups in total. The maximum Gasteiger partial charge on any atom is 0.275 e. The zero-order valence-corrected chi connectivity index (χ0v) is 12.9. The Hall–Kier alpha value is -3.02. The Bertz CT molecular complexity index is 755. The van der Waals surface area contributed by atoms with Crippen molar-refractivity contribution in [1.29, 1.82) is 0 Å². The van der Waals surface area contributed by atoms with E-state index in [1.54, 1.807) is 44.3 Å². The summed E-state index contributed by atoms with van der Waals surface area (Å²) in [6.45, 7) is 3.35. The summed E-state index contributed by atoms with van der Waals surface area (Å²) in [7, 11) is 0. The lowest BCUT2D eigenvalue weighted by atomic mass is 10.1. The molecular weight excluding hydrogens is 294 g/mol. The van der Waals surface area contributed by atoms with Crippen molar-refractivity contribution in [2.75, 3.05) is 0 Å². The molecule has 0 aliphatic carbocycles. The number of hydrazone groups is 1. The van der Waals surface area contributed by atoms with Crippen LogP contribution in [0.5, 0.6) is 5.75 Å². The van der Waals surface area contributed by atoms with Gasteiger partial charge in [-0.3, -0.25) is 14.6 Å². The van der Waals surface area contributed by atoms with E-state index in [4.69, 9.17) is 0 Å². The van der Waals surface area contributed by atoms with Crippen LogP contribution in [-0.2, 0) is 0 Å². The number of phenols is 1. The van der Waals surface area contributed by atoms with Crippen LogP contribution in [-0.4, -0.2) is 27.5 Å². The second-order valence-corrected chi connectivity index (χ2v) is 5.10. The quantitative estimate of drug-likeness (QED) is 0.504. The highest BCUT2D eigenvalue weighted by Gasteiger charge is 2.12. The summed E-state index contributed by atoms with van der Waals surface area (Å²) in [6.07, 6.45) is 3.15. The monoisotopic (exact) mass is 311 g/mol. The van der Waals surface area contributed by atoms with Crippen molar-refractivity contribution >= 4 is 17.4 Å². The van der Waals surface area contributed by atoms with Crippen LogP contribution in [0, 0.1) is 6.92 Å². The molecule has 0 unspecified atom stereocenters. The number of aromatic nitrogens is 1. The Morgan fingerprint density at radius 2 is 2.04 bits per heavy atom. The van der Waals surface area contributed by atoms with Crippen LogP contribution >= 0.6 is 0 Å². The van der Waals surface area contributed by atoms with Crippen LogP contribution in [0.25, 0.3) is 0 Å². The van der Waals surface area contributed by atoms with Gasteiger partial charge in [0, 0.05) is 23.7 Å². The van der Waals surface area contributed by atoms with Crippen LogP contribution in [0.4, 0.5) is 0 Å². The van der Waals surface area contributed by atoms with Gasteiger partial charge in [-0.15, -0.1) is 0 Å². The average molecular weight is 311 g/mol. The molecule has 1 aromatic heterocycles. The van der Waals surface area contributed by atoms with Crippen molar-refractivity contribution in [3.63, 3.8) is 0 Å². The van der Waals surface area contributed by atoms with Crippen molar-refractivity contribution in [3.8, 4) is 5.75 Å². The number of Topliss-reactive ketones (excluding diaryl/α,β-unsaturated/α-hetero) is 1. The minimum atomic E-state index is -0.528. The van der Waals surface area contributed by atoms with E-state index < -0.39 is 5.91 Å². The molecule has 0 atom stereocenters. The van der Waals surface area contributed by atoms with Crippen LogP contribution < -0.4 is 5.43 Å². The Morgan fingerprint density at radius 3 is 2.74 bits per heavy atom. The number of carbonyl (C=O) groups is 2. The maximum atomic E-state index is 12.0. The molecule has 0 bridgehead atoms. The largest absolute Gasteiger partial charge is 0.507 e.